The zero-order valence-electron chi connectivity index (χ0n) is 16.3. The van der Waals surface area contributed by atoms with Crippen LogP contribution in [0.25, 0.3) is 11.4 Å². The minimum atomic E-state index is 0.0751. The van der Waals surface area contributed by atoms with E-state index in [0.29, 0.717) is 5.75 Å². The number of hydrogen-bond acceptors (Lipinski definition) is 5. The normalized spacial score (nSPS) is 30.5. The lowest BCUT2D eigenvalue weighted by Gasteiger charge is -2.56. The van der Waals surface area contributed by atoms with Crippen LogP contribution < -0.4 is 5.32 Å². The van der Waals surface area contributed by atoms with Gasteiger partial charge in [-0.25, -0.2) is 0 Å². The Morgan fingerprint density at radius 1 is 1.21 bits per heavy atom. The number of carbonyl (C=O) groups excluding carboxylic acids is 1. The van der Waals surface area contributed by atoms with E-state index in [4.69, 9.17) is 0 Å². The maximum atomic E-state index is 12.8. The standard InChI is InChI=1S/C21H27N5OS/c1-2-26-19(17-4-3-5-22-12-17)24-25-20(26)28-13-18(27)23-21-9-14-6-15(10-21)8-16(7-14)11-21/h3-5,12,14-16H,2,6-11,13H2,1H3,(H,23,27). The van der Waals surface area contributed by atoms with Gasteiger partial charge in [0.05, 0.1) is 5.75 Å². The first kappa shape index (κ1) is 18.2. The highest BCUT2D eigenvalue weighted by atomic mass is 32.2. The molecule has 28 heavy (non-hydrogen) atoms. The summed E-state index contributed by atoms with van der Waals surface area (Å²) in [5.41, 5.74) is 1.02. The van der Waals surface area contributed by atoms with E-state index in [2.05, 4.69) is 32.0 Å². The maximum Gasteiger partial charge on any atom is 0.230 e. The van der Waals surface area contributed by atoms with Crippen LogP contribution in [0.15, 0.2) is 29.7 Å². The topological polar surface area (TPSA) is 72.7 Å². The molecule has 4 saturated carbocycles. The Hall–Kier alpha value is -1.89. The first-order valence-corrected chi connectivity index (χ1v) is 11.4. The van der Waals surface area contributed by atoms with Crippen molar-refractivity contribution in [2.45, 2.75) is 62.7 Å². The summed E-state index contributed by atoms with van der Waals surface area (Å²) in [6, 6.07) is 3.88. The number of pyridine rings is 1. The summed E-state index contributed by atoms with van der Waals surface area (Å²) in [5, 5.41) is 12.9. The highest BCUT2D eigenvalue weighted by molar-refractivity contribution is 7.99. The Labute approximate surface area is 169 Å². The molecule has 1 N–H and O–H groups in total. The smallest absolute Gasteiger partial charge is 0.230 e. The Morgan fingerprint density at radius 3 is 2.54 bits per heavy atom. The van der Waals surface area contributed by atoms with Crippen LogP contribution in [0.2, 0.25) is 0 Å². The van der Waals surface area contributed by atoms with Crippen molar-refractivity contribution < 1.29 is 4.79 Å². The quantitative estimate of drug-likeness (QED) is 0.755. The van der Waals surface area contributed by atoms with Gasteiger partial charge in [-0.3, -0.25) is 9.78 Å². The summed E-state index contributed by atoms with van der Waals surface area (Å²) in [5.74, 6) is 3.85. The molecule has 2 heterocycles. The van der Waals surface area contributed by atoms with E-state index in [1.165, 1.54) is 50.3 Å². The molecule has 4 aliphatic carbocycles. The van der Waals surface area contributed by atoms with Crippen LogP contribution in [0, 0.1) is 17.8 Å². The molecule has 0 saturated heterocycles. The van der Waals surface area contributed by atoms with Crippen LogP contribution in [0.3, 0.4) is 0 Å². The average Bonchev–Trinajstić information content (AvgIpc) is 3.08. The summed E-state index contributed by atoms with van der Waals surface area (Å²) in [7, 11) is 0. The third-order valence-corrected chi connectivity index (χ3v) is 7.69. The molecule has 0 radical (unpaired) electrons. The average molecular weight is 398 g/mol. The van der Waals surface area contributed by atoms with Crippen molar-refractivity contribution in [1.29, 1.82) is 0 Å². The molecule has 4 bridgehead atoms. The lowest BCUT2D eigenvalue weighted by atomic mass is 9.53. The second-order valence-corrected chi connectivity index (χ2v) is 9.77. The van der Waals surface area contributed by atoms with E-state index in [-0.39, 0.29) is 11.4 Å². The molecule has 4 aliphatic rings. The van der Waals surface area contributed by atoms with Crippen molar-refractivity contribution in [1.82, 2.24) is 25.1 Å². The second kappa shape index (κ2) is 7.17. The second-order valence-electron chi connectivity index (χ2n) is 8.83. The van der Waals surface area contributed by atoms with Crippen molar-refractivity contribution in [2.75, 3.05) is 5.75 Å². The van der Waals surface area contributed by atoms with Gasteiger partial charge in [-0.2, -0.15) is 0 Å². The lowest BCUT2D eigenvalue weighted by Crippen LogP contribution is -2.60. The molecule has 2 aromatic heterocycles. The van der Waals surface area contributed by atoms with Crippen LogP contribution >= 0.6 is 11.8 Å². The maximum absolute atomic E-state index is 12.8. The fourth-order valence-corrected chi connectivity index (χ4v) is 6.92. The fourth-order valence-electron chi connectivity index (χ4n) is 6.11. The van der Waals surface area contributed by atoms with Gasteiger partial charge in [-0.05, 0) is 75.3 Å². The van der Waals surface area contributed by atoms with E-state index < -0.39 is 0 Å². The number of amides is 1. The zero-order chi connectivity index (χ0) is 19.1. The Bertz CT molecular complexity index is 830. The molecule has 6 nitrogen and oxygen atoms in total. The number of aromatic nitrogens is 4. The predicted octanol–water partition coefficient (Wildman–Crippen LogP) is 3.54. The minimum absolute atomic E-state index is 0.0751. The summed E-state index contributed by atoms with van der Waals surface area (Å²) in [6.07, 6.45) is 11.3. The van der Waals surface area contributed by atoms with Crippen molar-refractivity contribution in [2.24, 2.45) is 17.8 Å². The van der Waals surface area contributed by atoms with Crippen LogP contribution in [-0.4, -0.2) is 36.9 Å². The number of rotatable bonds is 6. The molecule has 0 spiro atoms. The molecule has 7 heteroatoms. The van der Waals surface area contributed by atoms with Gasteiger partial charge in [0.2, 0.25) is 5.91 Å². The number of nitrogens with zero attached hydrogens (tertiary/aromatic N) is 4. The van der Waals surface area contributed by atoms with Gasteiger partial charge < -0.3 is 9.88 Å². The van der Waals surface area contributed by atoms with Gasteiger partial charge in [0, 0.05) is 30.0 Å². The minimum Gasteiger partial charge on any atom is -0.350 e. The number of nitrogens with one attached hydrogen (secondary N) is 1. The summed E-state index contributed by atoms with van der Waals surface area (Å²) < 4.78 is 2.06. The van der Waals surface area contributed by atoms with E-state index in [1.807, 2.05) is 12.1 Å². The van der Waals surface area contributed by atoms with Crippen molar-refractivity contribution >= 4 is 17.7 Å². The highest BCUT2D eigenvalue weighted by Gasteiger charge is 2.51. The van der Waals surface area contributed by atoms with Gasteiger partial charge in [0.25, 0.3) is 0 Å². The number of thioether (sulfide) groups is 1. The lowest BCUT2D eigenvalue weighted by molar-refractivity contribution is -0.124. The molecule has 0 aromatic carbocycles. The Balaban J connectivity index is 1.24. The van der Waals surface area contributed by atoms with Crippen LogP contribution in [-0.2, 0) is 11.3 Å². The van der Waals surface area contributed by atoms with Gasteiger partial charge in [0.1, 0.15) is 0 Å². The van der Waals surface area contributed by atoms with Gasteiger partial charge in [-0.15, -0.1) is 10.2 Å². The zero-order valence-corrected chi connectivity index (χ0v) is 17.1. The van der Waals surface area contributed by atoms with Crippen molar-refractivity contribution in [3.8, 4) is 11.4 Å². The first-order chi connectivity index (χ1) is 13.6. The van der Waals surface area contributed by atoms with Gasteiger partial charge in [-0.1, -0.05) is 11.8 Å². The molecule has 4 fully saturated rings. The number of carbonyl (C=O) groups is 1. The molecular formula is C21H27N5OS. The molecular weight excluding hydrogens is 370 g/mol. The third kappa shape index (κ3) is 3.34. The van der Waals surface area contributed by atoms with E-state index in [1.54, 1.807) is 12.4 Å². The van der Waals surface area contributed by atoms with Crippen molar-refractivity contribution in [3.63, 3.8) is 0 Å². The van der Waals surface area contributed by atoms with E-state index in [0.717, 1.165) is 40.8 Å². The molecule has 1 amide bonds. The molecule has 0 unspecified atom stereocenters. The van der Waals surface area contributed by atoms with Crippen LogP contribution in [0.5, 0.6) is 0 Å². The summed E-state index contributed by atoms with van der Waals surface area (Å²) >= 11 is 1.48. The van der Waals surface area contributed by atoms with Crippen LogP contribution in [0.4, 0.5) is 0 Å². The molecule has 2 aromatic rings. The molecule has 6 rings (SSSR count). The van der Waals surface area contributed by atoms with Gasteiger partial charge in [0.15, 0.2) is 11.0 Å². The van der Waals surface area contributed by atoms with Gasteiger partial charge >= 0.3 is 0 Å². The van der Waals surface area contributed by atoms with E-state index >= 15 is 0 Å². The van der Waals surface area contributed by atoms with E-state index in [9.17, 15) is 4.79 Å². The molecule has 0 atom stereocenters. The predicted molar refractivity (Wildman–Crippen MR) is 109 cm³/mol. The molecule has 148 valence electrons. The molecule has 0 aliphatic heterocycles. The largest absolute Gasteiger partial charge is 0.350 e. The number of hydrogen-bond donors (Lipinski definition) is 1. The summed E-state index contributed by atoms with van der Waals surface area (Å²) in [4.78, 5) is 16.9. The Kier molecular flexibility index (Phi) is 4.65. The van der Waals surface area contributed by atoms with Crippen molar-refractivity contribution in [3.05, 3.63) is 24.5 Å². The summed E-state index contributed by atoms with van der Waals surface area (Å²) in [6.45, 7) is 2.83. The fraction of sp³-hybridized carbons (Fsp3) is 0.619. The first-order valence-electron chi connectivity index (χ1n) is 10.4. The Morgan fingerprint density at radius 2 is 1.93 bits per heavy atom. The monoisotopic (exact) mass is 397 g/mol. The highest BCUT2D eigenvalue weighted by Crippen LogP contribution is 2.55. The van der Waals surface area contributed by atoms with Crippen LogP contribution in [0.1, 0.15) is 45.4 Å². The third-order valence-electron chi connectivity index (χ3n) is 6.73. The SMILES string of the molecule is CCn1c(SCC(=O)NC23CC4CC(CC(C4)C2)C3)nnc1-c1cccnc1.